The van der Waals surface area contributed by atoms with E-state index in [1.165, 1.54) is 12.2 Å². The van der Waals surface area contributed by atoms with Crippen molar-refractivity contribution < 1.29 is 9.53 Å². The van der Waals surface area contributed by atoms with Gasteiger partial charge in [0.2, 0.25) is 0 Å². The third-order valence-corrected chi connectivity index (χ3v) is 1.48. The van der Waals surface area contributed by atoms with Gasteiger partial charge in [0, 0.05) is 12.0 Å². The summed E-state index contributed by atoms with van der Waals surface area (Å²) in [7, 11) is 0. The topological polar surface area (TPSA) is 26.3 Å². The average Bonchev–Trinajstić information content (AvgIpc) is 2.16. The molecule has 0 saturated heterocycles. The third-order valence-electron chi connectivity index (χ3n) is 1.30. The molecule has 13 heavy (non-hydrogen) atoms. The smallest absolute Gasteiger partial charge is 0.335 e. The van der Waals surface area contributed by atoms with Crippen LogP contribution in [0.4, 0.5) is 0 Å². The normalized spacial score (nSPS) is 10.2. The largest absolute Gasteiger partial charge is 0.423 e. The van der Waals surface area contributed by atoms with Crippen molar-refractivity contribution in [1.29, 1.82) is 0 Å². The number of rotatable bonds is 3. The lowest BCUT2D eigenvalue weighted by molar-refractivity contribution is -0.128. The maximum atomic E-state index is 11.0. The second-order valence-electron chi connectivity index (χ2n) is 2.29. The fourth-order valence-electron chi connectivity index (χ4n) is 0.779. The Hall–Kier alpha value is -1.28. The van der Waals surface area contributed by atoms with Crippen LogP contribution in [0.2, 0.25) is 0 Å². The van der Waals surface area contributed by atoms with Crippen LogP contribution in [-0.4, -0.2) is 11.8 Å². The molecule has 0 N–H and O–H groups in total. The Morgan fingerprint density at radius 2 is 2.08 bits per heavy atom. The van der Waals surface area contributed by atoms with Crippen molar-refractivity contribution in [3.63, 3.8) is 0 Å². The molecule has 1 aromatic carbocycles. The molecule has 68 valence electrons. The molecule has 0 aromatic heterocycles. The summed E-state index contributed by atoms with van der Waals surface area (Å²) >= 11 is 5.35. The van der Waals surface area contributed by atoms with E-state index >= 15 is 0 Å². The Bertz CT molecular complexity index is 293. The average molecular weight is 197 g/mol. The van der Waals surface area contributed by atoms with E-state index in [9.17, 15) is 4.79 Å². The number of hydrogen-bond donors (Lipinski definition) is 0. The highest BCUT2D eigenvalue weighted by molar-refractivity contribution is 6.19. The molecule has 3 heteroatoms. The summed E-state index contributed by atoms with van der Waals surface area (Å²) in [5.41, 5.74) is 0. The Labute approximate surface area is 81.8 Å². The Balaban J connectivity index is 2.50. The van der Waals surface area contributed by atoms with E-state index in [2.05, 4.69) is 0 Å². The van der Waals surface area contributed by atoms with Crippen molar-refractivity contribution >= 4 is 17.6 Å². The number of esters is 1. The molecule has 1 aromatic rings. The minimum absolute atomic E-state index is 0.309. The summed E-state index contributed by atoms with van der Waals surface area (Å²) in [5.74, 6) is 0.433. The zero-order chi connectivity index (χ0) is 9.52. The van der Waals surface area contributed by atoms with Crippen LogP contribution in [-0.2, 0) is 4.79 Å². The summed E-state index contributed by atoms with van der Waals surface area (Å²) in [6, 6.07) is 8.88. The molecule has 0 radical (unpaired) electrons. The maximum Gasteiger partial charge on any atom is 0.335 e. The first-order valence-electron chi connectivity index (χ1n) is 3.82. The minimum Gasteiger partial charge on any atom is -0.423 e. The molecule has 0 bridgehead atoms. The third kappa shape index (κ3) is 3.76. The number of alkyl halides is 1. The van der Waals surface area contributed by atoms with Gasteiger partial charge < -0.3 is 4.74 Å². The molecule has 0 atom stereocenters. The zero-order valence-electron chi connectivity index (χ0n) is 6.94. The number of hydrogen-bond acceptors (Lipinski definition) is 2. The Kier molecular flexibility index (Phi) is 4.06. The molecule has 0 saturated carbocycles. The molecule has 0 unspecified atom stereocenters. The quantitative estimate of drug-likeness (QED) is 0.321. The number of ether oxygens (including phenoxy) is 1. The summed E-state index contributed by atoms with van der Waals surface area (Å²) in [6.45, 7) is 0. The van der Waals surface area contributed by atoms with Crippen molar-refractivity contribution in [1.82, 2.24) is 0 Å². The van der Waals surface area contributed by atoms with Crippen LogP contribution in [0.25, 0.3) is 0 Å². The number of para-hydroxylation sites is 1. The highest BCUT2D eigenvalue weighted by atomic mass is 35.5. The summed E-state index contributed by atoms with van der Waals surface area (Å²) in [4.78, 5) is 11.0. The van der Waals surface area contributed by atoms with Gasteiger partial charge in [0.25, 0.3) is 0 Å². The van der Waals surface area contributed by atoms with E-state index in [-0.39, 0.29) is 0 Å². The van der Waals surface area contributed by atoms with Gasteiger partial charge in [0.1, 0.15) is 5.75 Å². The maximum absolute atomic E-state index is 11.0. The van der Waals surface area contributed by atoms with Gasteiger partial charge in [0.15, 0.2) is 0 Å². The molecular weight excluding hydrogens is 188 g/mol. The summed E-state index contributed by atoms with van der Waals surface area (Å²) < 4.78 is 4.93. The molecule has 0 amide bonds. The molecule has 0 fully saturated rings. The number of carbonyl (C=O) groups is 1. The van der Waals surface area contributed by atoms with Crippen molar-refractivity contribution in [3.8, 4) is 5.75 Å². The Morgan fingerprint density at radius 3 is 2.69 bits per heavy atom. The van der Waals surface area contributed by atoms with E-state index in [4.69, 9.17) is 16.3 Å². The van der Waals surface area contributed by atoms with Crippen molar-refractivity contribution in [3.05, 3.63) is 42.5 Å². The van der Waals surface area contributed by atoms with Crippen molar-refractivity contribution in [2.75, 3.05) is 5.88 Å². The van der Waals surface area contributed by atoms with Crippen LogP contribution in [0.15, 0.2) is 42.5 Å². The first-order valence-corrected chi connectivity index (χ1v) is 4.36. The highest BCUT2D eigenvalue weighted by Gasteiger charge is 1.97. The lowest BCUT2D eigenvalue weighted by Crippen LogP contribution is -2.03. The van der Waals surface area contributed by atoms with Gasteiger partial charge in [-0.15, -0.1) is 11.6 Å². The van der Waals surface area contributed by atoms with Crippen LogP contribution < -0.4 is 4.74 Å². The standard InChI is InChI=1S/C10H9ClO2/c11-8-4-7-10(12)13-9-5-2-1-3-6-9/h1-7H,8H2. The van der Waals surface area contributed by atoms with Crippen LogP contribution >= 0.6 is 11.6 Å². The molecule has 0 aliphatic rings. The predicted molar refractivity (Wildman–Crippen MR) is 51.9 cm³/mol. The molecule has 0 spiro atoms. The van der Waals surface area contributed by atoms with Crippen LogP contribution in [0.3, 0.4) is 0 Å². The van der Waals surface area contributed by atoms with Gasteiger partial charge in [-0.05, 0) is 12.1 Å². The lowest BCUT2D eigenvalue weighted by Gasteiger charge is -1.98. The second kappa shape index (κ2) is 5.38. The number of carbonyl (C=O) groups excluding carboxylic acids is 1. The summed E-state index contributed by atoms with van der Waals surface area (Å²) in [6.07, 6.45) is 2.84. The number of halogens is 1. The van der Waals surface area contributed by atoms with E-state index in [0.29, 0.717) is 11.6 Å². The van der Waals surface area contributed by atoms with Gasteiger partial charge >= 0.3 is 5.97 Å². The van der Waals surface area contributed by atoms with E-state index in [0.717, 1.165) is 0 Å². The Morgan fingerprint density at radius 1 is 1.38 bits per heavy atom. The van der Waals surface area contributed by atoms with Gasteiger partial charge in [-0.1, -0.05) is 24.3 Å². The summed E-state index contributed by atoms with van der Waals surface area (Å²) in [5, 5.41) is 0. The molecule has 2 nitrogen and oxygen atoms in total. The van der Waals surface area contributed by atoms with Crippen LogP contribution in [0, 0.1) is 0 Å². The second-order valence-corrected chi connectivity index (χ2v) is 2.60. The molecule has 0 aliphatic carbocycles. The lowest BCUT2D eigenvalue weighted by atomic mass is 10.3. The monoisotopic (exact) mass is 196 g/mol. The molecule has 1 rings (SSSR count). The fourth-order valence-corrected chi connectivity index (χ4v) is 0.869. The van der Waals surface area contributed by atoms with Gasteiger partial charge in [-0.2, -0.15) is 0 Å². The van der Waals surface area contributed by atoms with Crippen LogP contribution in [0.5, 0.6) is 5.75 Å². The number of allylic oxidation sites excluding steroid dienone is 1. The molecule has 0 aliphatic heterocycles. The molecule has 0 heterocycles. The van der Waals surface area contributed by atoms with Gasteiger partial charge in [-0.3, -0.25) is 0 Å². The van der Waals surface area contributed by atoms with Crippen LogP contribution in [0.1, 0.15) is 0 Å². The van der Waals surface area contributed by atoms with Crippen molar-refractivity contribution in [2.45, 2.75) is 0 Å². The van der Waals surface area contributed by atoms with E-state index in [1.54, 1.807) is 24.3 Å². The fraction of sp³-hybridized carbons (Fsp3) is 0.100. The first-order chi connectivity index (χ1) is 6.33. The van der Waals surface area contributed by atoms with Crippen molar-refractivity contribution in [2.24, 2.45) is 0 Å². The van der Waals surface area contributed by atoms with E-state index < -0.39 is 5.97 Å². The number of benzene rings is 1. The minimum atomic E-state index is -0.410. The zero-order valence-corrected chi connectivity index (χ0v) is 7.70. The van der Waals surface area contributed by atoms with Gasteiger partial charge in [0.05, 0.1) is 0 Å². The van der Waals surface area contributed by atoms with E-state index in [1.807, 2.05) is 6.07 Å². The SMILES string of the molecule is O=C(C=CCCl)Oc1ccccc1. The first kappa shape index (κ1) is 9.81. The highest BCUT2D eigenvalue weighted by Crippen LogP contribution is 2.08. The van der Waals surface area contributed by atoms with Gasteiger partial charge in [-0.25, -0.2) is 4.79 Å². The molecular formula is C10H9ClO2. The predicted octanol–water partition coefficient (Wildman–Crippen LogP) is 2.39.